The quantitative estimate of drug-likeness (QED) is 0.415. The van der Waals surface area contributed by atoms with Gasteiger partial charge in [0.15, 0.2) is 0 Å². The number of pyridine rings is 1. The number of aliphatic hydroxyl groups excluding tert-OH is 1. The number of fused-ring (bicyclic) bond motifs is 1. The average Bonchev–Trinajstić information content (AvgIpc) is 3.13. The molecule has 0 bridgehead atoms. The van der Waals surface area contributed by atoms with Crippen LogP contribution in [0.5, 0.6) is 5.75 Å². The first kappa shape index (κ1) is 24.5. The molecule has 2 N–H and O–H groups in total. The summed E-state index contributed by atoms with van der Waals surface area (Å²) >= 11 is 0. The predicted molar refractivity (Wildman–Crippen MR) is 145 cm³/mol. The van der Waals surface area contributed by atoms with Crippen molar-refractivity contribution in [3.63, 3.8) is 0 Å². The van der Waals surface area contributed by atoms with E-state index >= 15 is 0 Å². The molecule has 5 heteroatoms. The topological polar surface area (TPSA) is 79.7 Å². The molecule has 0 amide bonds. The minimum Gasteiger partial charge on any atom is -0.495 e. The molecule has 1 aliphatic rings. The molecule has 1 heterocycles. The van der Waals surface area contributed by atoms with Gasteiger partial charge in [0.25, 0.3) is 0 Å². The number of aliphatic hydroxyl groups is 1. The van der Waals surface area contributed by atoms with Crippen LogP contribution < -0.4 is 15.2 Å². The van der Waals surface area contributed by atoms with Crippen molar-refractivity contribution in [1.29, 1.82) is 0 Å². The van der Waals surface area contributed by atoms with Gasteiger partial charge in [0, 0.05) is 6.20 Å². The number of hydrogen-bond acceptors (Lipinski definition) is 4. The number of aryl methyl sites for hydroxylation is 1. The molecule has 37 heavy (non-hydrogen) atoms. The zero-order chi connectivity index (χ0) is 26.0. The molecule has 0 radical (unpaired) electrons. The predicted octanol–water partition coefficient (Wildman–Crippen LogP) is 4.52. The number of carbonyl (C=O) groups is 1. The Morgan fingerprint density at radius 1 is 0.973 bits per heavy atom. The lowest BCUT2D eigenvalue weighted by molar-refractivity contribution is -0.141. The van der Waals surface area contributed by atoms with Crippen LogP contribution in [0.3, 0.4) is 0 Å². The Kier molecular flexibility index (Phi) is 6.64. The first-order valence-corrected chi connectivity index (χ1v) is 12.3. The van der Waals surface area contributed by atoms with E-state index in [1.54, 1.807) is 42.6 Å². The summed E-state index contributed by atoms with van der Waals surface area (Å²) in [6, 6.07) is 25.2. The van der Waals surface area contributed by atoms with Crippen molar-refractivity contribution in [3.05, 3.63) is 118 Å². The fraction of sp³-hybridized carbons (Fsp3) is 0.188. The van der Waals surface area contributed by atoms with E-state index in [4.69, 9.17) is 4.74 Å². The molecule has 1 aliphatic carbocycles. The highest BCUT2D eigenvalue weighted by molar-refractivity contribution is 5.90. The molecule has 0 aliphatic heterocycles. The summed E-state index contributed by atoms with van der Waals surface area (Å²) in [5, 5.41) is 23.4. The number of ether oxygens (including phenoxy) is 1. The van der Waals surface area contributed by atoms with Crippen molar-refractivity contribution in [2.75, 3.05) is 7.11 Å². The monoisotopic (exact) mass is 491 g/mol. The molecule has 4 aromatic rings. The number of rotatable bonds is 6. The van der Waals surface area contributed by atoms with Gasteiger partial charge in [0.1, 0.15) is 23.0 Å². The van der Waals surface area contributed by atoms with Crippen LogP contribution in [0.2, 0.25) is 0 Å². The highest BCUT2D eigenvalue weighted by Crippen LogP contribution is 2.35. The third-order valence-electron chi connectivity index (χ3n) is 7.18. The zero-order valence-corrected chi connectivity index (χ0v) is 20.9. The van der Waals surface area contributed by atoms with Crippen molar-refractivity contribution in [3.8, 4) is 16.9 Å². The number of benzene rings is 3. The van der Waals surface area contributed by atoms with E-state index in [0.717, 1.165) is 21.6 Å². The van der Waals surface area contributed by atoms with Crippen LogP contribution in [-0.4, -0.2) is 28.3 Å². The SMILES string of the molecule is COc1cccnc1C(O)c1ccc(C2(C(=O)O)C=c3cc(-c4ccc(C)cc4)ccc3=CCC2)cc1. The van der Waals surface area contributed by atoms with Gasteiger partial charge in [-0.2, -0.15) is 0 Å². The highest BCUT2D eigenvalue weighted by atomic mass is 16.5. The first-order chi connectivity index (χ1) is 17.9. The molecule has 2 atom stereocenters. The summed E-state index contributed by atoms with van der Waals surface area (Å²) in [4.78, 5) is 17.1. The molecule has 0 spiro atoms. The smallest absolute Gasteiger partial charge is 0.318 e. The van der Waals surface area contributed by atoms with Gasteiger partial charge in [-0.1, -0.05) is 78.4 Å². The minimum atomic E-state index is -1.19. The number of aliphatic carboxylic acids is 1. The van der Waals surface area contributed by atoms with Crippen LogP contribution in [0, 0.1) is 6.92 Å². The summed E-state index contributed by atoms with van der Waals surface area (Å²) in [6.07, 6.45) is 5.69. The van der Waals surface area contributed by atoms with Gasteiger partial charge in [-0.3, -0.25) is 9.78 Å². The largest absolute Gasteiger partial charge is 0.495 e. The Bertz CT molecular complexity index is 1560. The molecule has 1 aromatic heterocycles. The average molecular weight is 492 g/mol. The van der Waals surface area contributed by atoms with Crippen molar-refractivity contribution in [1.82, 2.24) is 4.98 Å². The van der Waals surface area contributed by atoms with Crippen LogP contribution in [0.1, 0.15) is 41.3 Å². The van der Waals surface area contributed by atoms with Crippen molar-refractivity contribution in [2.45, 2.75) is 31.3 Å². The lowest BCUT2D eigenvalue weighted by atomic mass is 9.76. The molecule has 0 saturated heterocycles. The number of aromatic nitrogens is 1. The number of carboxylic acids is 1. The molecular formula is C32H29NO4. The maximum Gasteiger partial charge on any atom is 0.318 e. The van der Waals surface area contributed by atoms with E-state index in [1.165, 1.54) is 12.7 Å². The maximum absolute atomic E-state index is 12.8. The Labute approximate surface area is 216 Å². The number of methoxy groups -OCH3 is 1. The fourth-order valence-corrected chi connectivity index (χ4v) is 5.03. The number of carboxylic acid groups (broad SMARTS) is 1. The third-order valence-corrected chi connectivity index (χ3v) is 7.18. The molecule has 0 fully saturated rings. The van der Waals surface area contributed by atoms with Gasteiger partial charge in [-0.15, -0.1) is 0 Å². The minimum absolute atomic E-state index is 0.416. The van der Waals surface area contributed by atoms with E-state index in [-0.39, 0.29) is 0 Å². The highest BCUT2D eigenvalue weighted by Gasteiger charge is 2.38. The van der Waals surface area contributed by atoms with E-state index in [1.807, 2.05) is 6.08 Å². The summed E-state index contributed by atoms with van der Waals surface area (Å²) < 4.78 is 5.34. The second-order valence-electron chi connectivity index (χ2n) is 9.49. The zero-order valence-electron chi connectivity index (χ0n) is 20.9. The van der Waals surface area contributed by atoms with Gasteiger partial charge < -0.3 is 14.9 Å². The number of hydrogen-bond donors (Lipinski definition) is 2. The molecule has 5 rings (SSSR count). The molecule has 0 saturated carbocycles. The lowest BCUT2D eigenvalue weighted by Crippen LogP contribution is -2.36. The third kappa shape index (κ3) is 4.66. The van der Waals surface area contributed by atoms with Gasteiger partial charge in [-0.05, 0) is 70.7 Å². The second kappa shape index (κ2) is 10.0. The lowest BCUT2D eigenvalue weighted by Gasteiger charge is -2.26. The Balaban J connectivity index is 1.57. The van der Waals surface area contributed by atoms with Gasteiger partial charge in [0.05, 0.1) is 7.11 Å². The fourth-order valence-electron chi connectivity index (χ4n) is 5.03. The maximum atomic E-state index is 12.8. The Hall–Kier alpha value is -4.22. The standard InChI is InChI=1S/C32H29NO4/c1-21-7-9-23(10-8-21)25-12-11-22-5-3-17-32(31(35)36,20-26(22)19-25)27-15-13-24(14-16-27)30(34)29-28(37-2)6-4-18-33-29/h4-16,18-20,30,34H,3,17H2,1-2H3,(H,35,36). The Morgan fingerprint density at radius 3 is 2.41 bits per heavy atom. The van der Waals surface area contributed by atoms with Crippen molar-refractivity contribution < 1.29 is 19.7 Å². The van der Waals surface area contributed by atoms with Gasteiger partial charge >= 0.3 is 5.97 Å². The van der Waals surface area contributed by atoms with Crippen LogP contribution in [0.25, 0.3) is 23.3 Å². The van der Waals surface area contributed by atoms with E-state index in [9.17, 15) is 15.0 Å². The number of nitrogens with zero attached hydrogens (tertiary/aromatic N) is 1. The van der Waals surface area contributed by atoms with Gasteiger partial charge in [0.2, 0.25) is 0 Å². The molecule has 5 nitrogen and oxygen atoms in total. The van der Waals surface area contributed by atoms with E-state index < -0.39 is 17.5 Å². The summed E-state index contributed by atoms with van der Waals surface area (Å²) in [5.74, 6) is -0.399. The summed E-state index contributed by atoms with van der Waals surface area (Å²) in [7, 11) is 1.54. The van der Waals surface area contributed by atoms with Crippen molar-refractivity contribution in [2.24, 2.45) is 0 Å². The normalized spacial score (nSPS) is 17.5. The Morgan fingerprint density at radius 2 is 1.70 bits per heavy atom. The van der Waals surface area contributed by atoms with Crippen LogP contribution >= 0.6 is 0 Å². The summed E-state index contributed by atoms with van der Waals surface area (Å²) in [5.41, 5.74) is 3.84. The molecular weight excluding hydrogens is 462 g/mol. The molecule has 2 unspecified atom stereocenters. The molecule has 3 aromatic carbocycles. The van der Waals surface area contributed by atoms with Crippen molar-refractivity contribution >= 4 is 18.1 Å². The first-order valence-electron chi connectivity index (χ1n) is 12.3. The van der Waals surface area contributed by atoms with E-state index in [0.29, 0.717) is 35.4 Å². The van der Waals surface area contributed by atoms with Crippen LogP contribution in [0.4, 0.5) is 0 Å². The van der Waals surface area contributed by atoms with Crippen LogP contribution in [0.15, 0.2) is 85.1 Å². The summed E-state index contributed by atoms with van der Waals surface area (Å²) in [6.45, 7) is 2.06. The second-order valence-corrected chi connectivity index (χ2v) is 9.49. The molecule has 186 valence electrons. The van der Waals surface area contributed by atoms with E-state index in [2.05, 4.69) is 60.4 Å². The van der Waals surface area contributed by atoms with Crippen LogP contribution in [-0.2, 0) is 10.2 Å². The van der Waals surface area contributed by atoms with Gasteiger partial charge in [-0.25, -0.2) is 0 Å².